The van der Waals surface area contributed by atoms with E-state index in [0.29, 0.717) is 12.1 Å². The number of hydrogen-bond acceptors (Lipinski definition) is 3. The average Bonchev–Trinajstić information content (AvgIpc) is 2.98. The van der Waals surface area contributed by atoms with Crippen LogP contribution in [0.5, 0.6) is 0 Å². The first kappa shape index (κ1) is 22.0. The Morgan fingerprint density at radius 3 is 2.72 bits per heavy atom. The van der Waals surface area contributed by atoms with E-state index >= 15 is 0 Å². The largest absolute Gasteiger partial charge is 0.396 e. The Labute approximate surface area is 187 Å². The zero-order valence-corrected chi connectivity index (χ0v) is 18.2. The van der Waals surface area contributed by atoms with Crippen LogP contribution in [0.1, 0.15) is 64.6 Å². The van der Waals surface area contributed by atoms with Crippen LogP contribution in [0, 0.1) is 5.82 Å². The van der Waals surface area contributed by atoms with Crippen LogP contribution in [0.15, 0.2) is 54.6 Å². The maximum atomic E-state index is 13.7. The highest BCUT2D eigenvalue weighted by Gasteiger charge is 2.27. The molecule has 0 aliphatic heterocycles. The van der Waals surface area contributed by atoms with E-state index in [1.165, 1.54) is 12.1 Å². The highest BCUT2D eigenvalue weighted by atomic mass is 19.1. The van der Waals surface area contributed by atoms with Gasteiger partial charge in [-0.15, -0.1) is 0 Å². The molecule has 1 aromatic heterocycles. The van der Waals surface area contributed by atoms with Crippen molar-refractivity contribution in [2.75, 3.05) is 6.61 Å². The molecule has 0 fully saturated rings. The number of amides is 1. The molecular weight excluding hydrogens is 405 g/mol. The lowest BCUT2D eigenvalue weighted by Crippen LogP contribution is -2.30. The average molecular weight is 434 g/mol. The summed E-state index contributed by atoms with van der Waals surface area (Å²) < 4.78 is 15.5. The number of hydrogen-bond donors (Lipinski definition) is 2. The molecule has 1 aliphatic carbocycles. The lowest BCUT2D eigenvalue weighted by molar-refractivity contribution is 0.0923. The molecule has 0 saturated carbocycles. The number of nitrogens with one attached hydrogen (secondary N) is 1. The fourth-order valence-electron chi connectivity index (χ4n) is 4.43. The second-order valence-corrected chi connectivity index (χ2v) is 8.18. The fraction of sp³-hybridized carbons (Fsp3) is 0.308. The van der Waals surface area contributed by atoms with Crippen molar-refractivity contribution >= 4 is 17.6 Å². The van der Waals surface area contributed by atoms with Gasteiger partial charge in [-0.2, -0.15) is 5.10 Å². The molecule has 1 amide bonds. The van der Waals surface area contributed by atoms with Gasteiger partial charge >= 0.3 is 0 Å². The van der Waals surface area contributed by atoms with Gasteiger partial charge in [0.1, 0.15) is 5.82 Å². The summed E-state index contributed by atoms with van der Waals surface area (Å²) in [5, 5.41) is 17.1. The molecule has 0 unspecified atom stereocenters. The van der Waals surface area contributed by atoms with Gasteiger partial charge in [0.2, 0.25) is 0 Å². The van der Waals surface area contributed by atoms with Crippen LogP contribution in [-0.4, -0.2) is 27.4 Å². The van der Waals surface area contributed by atoms with E-state index in [-0.39, 0.29) is 24.4 Å². The van der Waals surface area contributed by atoms with Gasteiger partial charge in [0.05, 0.1) is 11.7 Å². The molecule has 166 valence electrons. The summed E-state index contributed by atoms with van der Waals surface area (Å²) in [7, 11) is 1.85. The third-order valence-corrected chi connectivity index (χ3v) is 5.90. The lowest BCUT2D eigenvalue weighted by atomic mass is 10.0. The molecule has 0 saturated heterocycles. The molecule has 5 nitrogen and oxygen atoms in total. The van der Waals surface area contributed by atoms with Crippen LogP contribution in [0.3, 0.4) is 0 Å². The van der Waals surface area contributed by atoms with E-state index in [0.717, 1.165) is 53.6 Å². The summed E-state index contributed by atoms with van der Waals surface area (Å²) in [5.74, 6) is -0.509. The molecule has 4 rings (SSSR count). The van der Waals surface area contributed by atoms with Gasteiger partial charge in [-0.1, -0.05) is 42.5 Å². The normalized spacial score (nSPS) is 15.8. The van der Waals surface area contributed by atoms with Crippen LogP contribution in [0.4, 0.5) is 4.39 Å². The third kappa shape index (κ3) is 4.81. The molecular formula is C26H28FN3O2. The number of rotatable bonds is 6. The summed E-state index contributed by atoms with van der Waals surface area (Å²) in [6.45, 7) is -0.0271. The number of allylic oxidation sites excluding steroid dienone is 1. The van der Waals surface area contributed by atoms with Crippen molar-refractivity contribution in [2.45, 2.75) is 38.1 Å². The van der Waals surface area contributed by atoms with Gasteiger partial charge in [0, 0.05) is 19.2 Å². The highest BCUT2D eigenvalue weighted by molar-refractivity contribution is 5.96. The van der Waals surface area contributed by atoms with Crippen molar-refractivity contribution in [2.24, 2.45) is 7.05 Å². The predicted molar refractivity (Wildman–Crippen MR) is 123 cm³/mol. The zero-order chi connectivity index (χ0) is 22.5. The van der Waals surface area contributed by atoms with Crippen molar-refractivity contribution < 1.29 is 14.3 Å². The van der Waals surface area contributed by atoms with Crippen molar-refractivity contribution in [1.29, 1.82) is 0 Å². The molecule has 0 bridgehead atoms. The van der Waals surface area contributed by atoms with Crippen LogP contribution in [0.25, 0.3) is 11.6 Å². The SMILES string of the molecule is Cn1nc(C(=O)N[C@H](CCO)c2ccccc2)c2c1C(=Cc1cccc(F)c1)CCCC2. The van der Waals surface area contributed by atoms with E-state index in [1.54, 1.807) is 10.7 Å². The molecule has 0 spiro atoms. The van der Waals surface area contributed by atoms with Crippen molar-refractivity contribution in [3.05, 3.63) is 88.5 Å². The summed E-state index contributed by atoms with van der Waals surface area (Å²) in [5.41, 5.74) is 5.10. The topological polar surface area (TPSA) is 67.2 Å². The second-order valence-electron chi connectivity index (χ2n) is 8.18. The molecule has 32 heavy (non-hydrogen) atoms. The maximum absolute atomic E-state index is 13.7. The van der Waals surface area contributed by atoms with Crippen LogP contribution in [0.2, 0.25) is 0 Å². The zero-order valence-electron chi connectivity index (χ0n) is 18.2. The number of fused-ring (bicyclic) bond motifs is 1. The molecule has 1 heterocycles. The molecule has 2 aromatic carbocycles. The number of halogens is 1. The Morgan fingerprint density at radius 2 is 1.97 bits per heavy atom. The minimum atomic E-state index is -0.292. The van der Waals surface area contributed by atoms with E-state index in [2.05, 4.69) is 10.4 Å². The van der Waals surface area contributed by atoms with E-state index in [1.807, 2.05) is 49.5 Å². The number of nitrogens with zero attached hydrogens (tertiary/aromatic N) is 2. The number of benzene rings is 2. The van der Waals surface area contributed by atoms with Crippen molar-refractivity contribution in [3.8, 4) is 0 Å². The van der Waals surface area contributed by atoms with E-state index in [9.17, 15) is 14.3 Å². The first-order valence-electron chi connectivity index (χ1n) is 11.1. The fourth-order valence-corrected chi connectivity index (χ4v) is 4.43. The van der Waals surface area contributed by atoms with Crippen molar-refractivity contribution in [3.63, 3.8) is 0 Å². The van der Waals surface area contributed by atoms with E-state index in [4.69, 9.17) is 0 Å². The lowest BCUT2D eigenvalue weighted by Gasteiger charge is -2.18. The van der Waals surface area contributed by atoms with Crippen LogP contribution in [-0.2, 0) is 13.5 Å². The Kier molecular flexibility index (Phi) is 6.81. The van der Waals surface area contributed by atoms with Gasteiger partial charge in [-0.05, 0) is 67.0 Å². The van der Waals surface area contributed by atoms with Crippen molar-refractivity contribution in [1.82, 2.24) is 15.1 Å². The molecule has 2 N–H and O–H groups in total. The highest BCUT2D eigenvalue weighted by Crippen LogP contribution is 2.33. The van der Waals surface area contributed by atoms with Crippen LogP contribution < -0.4 is 5.32 Å². The minimum absolute atomic E-state index is 0.0271. The summed E-state index contributed by atoms with van der Waals surface area (Å²) >= 11 is 0. The van der Waals surface area contributed by atoms with Gasteiger partial charge in [0.15, 0.2) is 5.69 Å². The van der Waals surface area contributed by atoms with Crippen LogP contribution >= 0.6 is 0 Å². The van der Waals surface area contributed by atoms with Gasteiger partial charge in [-0.25, -0.2) is 4.39 Å². The van der Waals surface area contributed by atoms with Gasteiger partial charge in [-0.3, -0.25) is 9.48 Å². The predicted octanol–water partition coefficient (Wildman–Crippen LogP) is 4.68. The Hall–Kier alpha value is -3.25. The maximum Gasteiger partial charge on any atom is 0.272 e. The standard InChI is InChI=1S/C26H28FN3O2/c1-30-25-20(16-18-8-7-12-21(27)17-18)11-5-6-13-22(25)24(29-30)26(32)28-23(14-15-31)19-9-3-2-4-10-19/h2-4,7-10,12,16-17,23,31H,5-6,11,13-15H2,1H3,(H,28,32)/t23-/m1/s1. The Morgan fingerprint density at radius 1 is 1.19 bits per heavy atom. The second kappa shape index (κ2) is 9.92. The number of carbonyl (C=O) groups is 1. The molecule has 1 atom stereocenters. The van der Waals surface area contributed by atoms with Gasteiger partial charge in [0.25, 0.3) is 5.91 Å². The number of carbonyl (C=O) groups excluding carboxylic acids is 1. The summed E-state index contributed by atoms with van der Waals surface area (Å²) in [6, 6.07) is 15.9. The number of aromatic nitrogens is 2. The summed E-state index contributed by atoms with van der Waals surface area (Å²) in [6.07, 6.45) is 5.99. The molecule has 0 radical (unpaired) electrons. The van der Waals surface area contributed by atoms with Gasteiger partial charge < -0.3 is 10.4 Å². The number of aliphatic hydroxyl groups excluding tert-OH is 1. The summed E-state index contributed by atoms with van der Waals surface area (Å²) in [4.78, 5) is 13.3. The number of aryl methyl sites for hydroxylation is 1. The smallest absolute Gasteiger partial charge is 0.272 e. The Bertz CT molecular complexity index is 1120. The first-order valence-corrected chi connectivity index (χ1v) is 11.1. The first-order chi connectivity index (χ1) is 15.6. The Balaban J connectivity index is 1.67. The monoisotopic (exact) mass is 433 g/mol. The quantitative estimate of drug-likeness (QED) is 0.555. The molecule has 3 aromatic rings. The van der Waals surface area contributed by atoms with E-state index < -0.39 is 0 Å². The minimum Gasteiger partial charge on any atom is -0.396 e. The molecule has 6 heteroatoms. The molecule has 1 aliphatic rings. The third-order valence-electron chi connectivity index (χ3n) is 5.90. The number of aliphatic hydroxyl groups is 1.